The van der Waals surface area contributed by atoms with Gasteiger partial charge in [0.2, 0.25) is 6.79 Å². The van der Waals surface area contributed by atoms with Gasteiger partial charge in [-0.3, -0.25) is 9.82 Å². The van der Waals surface area contributed by atoms with Gasteiger partial charge in [0.05, 0.1) is 11.9 Å². The zero-order valence-electron chi connectivity index (χ0n) is 5.86. The average Bonchev–Trinajstić information content (AvgIpc) is 2.03. The topological polar surface area (TPSA) is 83.4 Å². The number of nitrogens with zero attached hydrogens (tertiary/aromatic N) is 1. The number of nitrogen functional groups attached to an aromatic ring is 1. The lowest BCUT2D eigenvalue weighted by Crippen LogP contribution is -2.08. The molecule has 0 amide bonds. The largest absolute Gasteiger partial charge is 0.462 e. The predicted molar refractivity (Wildman–Crippen MR) is 39.4 cm³/mol. The van der Waals surface area contributed by atoms with E-state index in [1.54, 1.807) is 12.3 Å². The van der Waals surface area contributed by atoms with Crippen molar-refractivity contribution < 1.29 is 9.57 Å². The molecule has 5 nitrogen and oxygen atoms in total. The van der Waals surface area contributed by atoms with Crippen molar-refractivity contribution in [3.8, 4) is 5.75 Å². The summed E-state index contributed by atoms with van der Waals surface area (Å²) in [4.78, 5) is 7.99. The van der Waals surface area contributed by atoms with Gasteiger partial charge in [-0.1, -0.05) is 0 Å². The molecule has 0 saturated heterocycles. The summed E-state index contributed by atoms with van der Waals surface area (Å²) in [7, 11) is 0. The highest BCUT2D eigenvalue weighted by Gasteiger charge is 1.96. The summed E-state index contributed by atoms with van der Waals surface area (Å²) in [6.07, 6.45) is 3.07. The van der Waals surface area contributed by atoms with Crippen LogP contribution in [0.1, 0.15) is 0 Å². The third-order valence-corrected chi connectivity index (χ3v) is 1.10. The van der Waals surface area contributed by atoms with Crippen molar-refractivity contribution in [1.82, 2.24) is 4.98 Å². The number of rotatable bonds is 3. The minimum Gasteiger partial charge on any atom is -0.462 e. The highest BCUT2D eigenvalue weighted by atomic mass is 16.7. The number of ether oxygens (including phenoxy) is 1. The van der Waals surface area contributed by atoms with E-state index in [4.69, 9.17) is 16.4 Å². The fourth-order valence-electron chi connectivity index (χ4n) is 0.609. The molecule has 0 aliphatic carbocycles. The molecule has 4 N–H and O–H groups in total. The Hall–Kier alpha value is -1.33. The Morgan fingerprint density at radius 2 is 2.36 bits per heavy atom. The number of hydrogen-bond acceptors (Lipinski definition) is 5. The van der Waals surface area contributed by atoms with Gasteiger partial charge in [-0.05, 0) is 6.07 Å². The molecule has 0 aromatic carbocycles. The van der Waals surface area contributed by atoms with Gasteiger partial charge in [0.25, 0.3) is 0 Å². The zero-order chi connectivity index (χ0) is 8.10. The zero-order valence-corrected chi connectivity index (χ0v) is 5.86. The normalized spacial score (nSPS) is 9.55. The summed E-state index contributed by atoms with van der Waals surface area (Å²) in [5, 5.41) is 0. The van der Waals surface area contributed by atoms with E-state index in [0.29, 0.717) is 11.4 Å². The lowest BCUT2D eigenvalue weighted by Gasteiger charge is -2.04. The maximum absolute atomic E-state index is 5.50. The van der Waals surface area contributed by atoms with E-state index in [1.165, 1.54) is 6.20 Å². The van der Waals surface area contributed by atoms with E-state index in [1.807, 2.05) is 0 Å². The molecule has 1 rings (SSSR count). The summed E-state index contributed by atoms with van der Waals surface area (Å²) in [5.74, 6) is 5.21. The molecule has 0 spiro atoms. The maximum Gasteiger partial charge on any atom is 0.207 e. The van der Waals surface area contributed by atoms with E-state index in [0.717, 1.165) is 0 Å². The Bertz CT molecular complexity index is 229. The second-order valence-corrected chi connectivity index (χ2v) is 1.84. The smallest absolute Gasteiger partial charge is 0.207 e. The van der Waals surface area contributed by atoms with Crippen LogP contribution in [0.25, 0.3) is 0 Å². The van der Waals surface area contributed by atoms with Gasteiger partial charge in [0.15, 0.2) is 5.75 Å². The van der Waals surface area contributed by atoms with Crippen molar-refractivity contribution in [1.29, 1.82) is 0 Å². The maximum atomic E-state index is 5.50. The summed E-state index contributed by atoms with van der Waals surface area (Å²) in [5.41, 5.74) is 6.01. The highest BCUT2D eigenvalue weighted by Crippen LogP contribution is 2.17. The Kier molecular flexibility index (Phi) is 2.65. The standard InChI is InChI=1S/C6H9N3O2/c7-5-1-2-9-3-6(5)10-4-11-8/h1-3H,4,8H2,(H2,7,9). The molecule has 60 valence electrons. The molecule has 1 aromatic heterocycles. The van der Waals surface area contributed by atoms with Crippen molar-refractivity contribution in [2.24, 2.45) is 5.90 Å². The Morgan fingerprint density at radius 3 is 3.00 bits per heavy atom. The van der Waals surface area contributed by atoms with Gasteiger partial charge in [0, 0.05) is 6.20 Å². The predicted octanol–water partition coefficient (Wildman–Crippen LogP) is -0.110. The fraction of sp³-hybridized carbons (Fsp3) is 0.167. The first-order valence-corrected chi connectivity index (χ1v) is 2.98. The molecule has 0 saturated carbocycles. The highest BCUT2D eigenvalue weighted by molar-refractivity contribution is 5.49. The van der Waals surface area contributed by atoms with Crippen LogP contribution in [0.5, 0.6) is 5.75 Å². The third-order valence-electron chi connectivity index (χ3n) is 1.10. The minimum absolute atomic E-state index is 0.0319. The van der Waals surface area contributed by atoms with Crippen LogP contribution in [-0.4, -0.2) is 11.8 Å². The Morgan fingerprint density at radius 1 is 1.55 bits per heavy atom. The van der Waals surface area contributed by atoms with Crippen molar-refractivity contribution in [3.05, 3.63) is 18.5 Å². The van der Waals surface area contributed by atoms with Crippen LogP contribution in [0.3, 0.4) is 0 Å². The van der Waals surface area contributed by atoms with Crippen LogP contribution in [0.4, 0.5) is 5.69 Å². The number of aromatic nitrogens is 1. The number of pyridine rings is 1. The van der Waals surface area contributed by atoms with Gasteiger partial charge in [-0.25, -0.2) is 5.90 Å². The molecule has 0 fully saturated rings. The number of hydrogen-bond donors (Lipinski definition) is 2. The lowest BCUT2D eigenvalue weighted by molar-refractivity contribution is 0.0147. The van der Waals surface area contributed by atoms with Crippen LogP contribution in [0.15, 0.2) is 18.5 Å². The summed E-state index contributed by atoms with van der Waals surface area (Å²) >= 11 is 0. The molecule has 0 aliphatic rings. The second kappa shape index (κ2) is 3.75. The summed E-state index contributed by atoms with van der Waals surface area (Å²) in [6, 6.07) is 1.63. The molecule has 1 aromatic rings. The van der Waals surface area contributed by atoms with Crippen molar-refractivity contribution in [2.45, 2.75) is 0 Å². The van der Waals surface area contributed by atoms with E-state index in [9.17, 15) is 0 Å². The van der Waals surface area contributed by atoms with Crippen LogP contribution in [0.2, 0.25) is 0 Å². The second-order valence-electron chi connectivity index (χ2n) is 1.84. The quantitative estimate of drug-likeness (QED) is 0.470. The van der Waals surface area contributed by atoms with E-state index in [-0.39, 0.29) is 6.79 Å². The molecule has 5 heteroatoms. The van der Waals surface area contributed by atoms with Crippen LogP contribution < -0.4 is 16.4 Å². The lowest BCUT2D eigenvalue weighted by atomic mass is 10.4. The van der Waals surface area contributed by atoms with Crippen molar-refractivity contribution >= 4 is 5.69 Å². The molecule has 0 aliphatic heterocycles. The SMILES string of the molecule is NOCOc1cnccc1N. The molecule has 1 heterocycles. The van der Waals surface area contributed by atoms with Gasteiger partial charge < -0.3 is 10.5 Å². The summed E-state index contributed by atoms with van der Waals surface area (Å²) in [6.45, 7) is -0.0319. The summed E-state index contributed by atoms with van der Waals surface area (Å²) < 4.78 is 4.95. The first kappa shape index (κ1) is 7.77. The van der Waals surface area contributed by atoms with E-state index >= 15 is 0 Å². The molecular weight excluding hydrogens is 146 g/mol. The molecule has 0 radical (unpaired) electrons. The Balaban J connectivity index is 2.62. The van der Waals surface area contributed by atoms with Crippen molar-refractivity contribution in [3.63, 3.8) is 0 Å². The average molecular weight is 155 g/mol. The first-order valence-electron chi connectivity index (χ1n) is 2.98. The third kappa shape index (κ3) is 2.06. The molecule has 0 unspecified atom stereocenters. The number of nitrogens with two attached hydrogens (primary N) is 2. The van der Waals surface area contributed by atoms with Gasteiger partial charge in [0.1, 0.15) is 0 Å². The van der Waals surface area contributed by atoms with Gasteiger partial charge >= 0.3 is 0 Å². The fourth-order valence-corrected chi connectivity index (χ4v) is 0.609. The Labute approximate surface area is 63.9 Å². The number of anilines is 1. The monoisotopic (exact) mass is 155 g/mol. The van der Waals surface area contributed by atoms with Crippen molar-refractivity contribution in [2.75, 3.05) is 12.5 Å². The van der Waals surface area contributed by atoms with Gasteiger partial charge in [-0.15, -0.1) is 0 Å². The van der Waals surface area contributed by atoms with Crippen LogP contribution in [-0.2, 0) is 4.84 Å². The first-order chi connectivity index (χ1) is 5.34. The van der Waals surface area contributed by atoms with Gasteiger partial charge in [-0.2, -0.15) is 0 Å². The van der Waals surface area contributed by atoms with Crippen LogP contribution >= 0.6 is 0 Å². The van der Waals surface area contributed by atoms with E-state index in [2.05, 4.69) is 9.82 Å². The molecular formula is C6H9N3O2. The molecule has 0 atom stereocenters. The molecule has 11 heavy (non-hydrogen) atoms. The molecule has 0 bridgehead atoms. The van der Waals surface area contributed by atoms with Crippen LogP contribution in [0, 0.1) is 0 Å². The minimum atomic E-state index is -0.0319. The van der Waals surface area contributed by atoms with E-state index < -0.39 is 0 Å².